The van der Waals surface area contributed by atoms with Crippen molar-refractivity contribution < 1.29 is 33.3 Å². The molecule has 4 atom stereocenters. The fourth-order valence-corrected chi connectivity index (χ4v) is 3.33. The zero-order chi connectivity index (χ0) is 21.7. The molecular weight excluding hydrogens is 412 g/mol. The van der Waals surface area contributed by atoms with Gasteiger partial charge in [0.05, 0.1) is 11.1 Å². The van der Waals surface area contributed by atoms with Crippen molar-refractivity contribution in [2.24, 2.45) is 0 Å². The minimum Gasteiger partial charge on any atom is -0.459 e. The quantitative estimate of drug-likeness (QED) is 0.393. The highest BCUT2D eigenvalue weighted by atomic mass is 35.5. The molecule has 0 N–H and O–H groups in total. The summed E-state index contributed by atoms with van der Waals surface area (Å²) < 4.78 is 21.8. The van der Waals surface area contributed by atoms with Gasteiger partial charge in [0, 0.05) is 6.92 Å². The fourth-order valence-electron chi connectivity index (χ4n) is 3.05. The van der Waals surface area contributed by atoms with Gasteiger partial charge in [0.25, 0.3) is 0 Å². The topological polar surface area (TPSA) is 88.1 Å². The van der Waals surface area contributed by atoms with Gasteiger partial charge in [-0.1, -0.05) is 36.4 Å². The lowest BCUT2D eigenvalue weighted by Gasteiger charge is -2.27. The minimum atomic E-state index is -1.39. The lowest BCUT2D eigenvalue weighted by atomic mass is 10.0. The molecule has 0 radical (unpaired) electrons. The van der Waals surface area contributed by atoms with Crippen molar-refractivity contribution in [2.45, 2.75) is 37.2 Å². The summed E-state index contributed by atoms with van der Waals surface area (Å²) >= 11 is 6.58. The van der Waals surface area contributed by atoms with Crippen molar-refractivity contribution in [1.82, 2.24) is 0 Å². The number of esters is 3. The second-order valence-corrected chi connectivity index (χ2v) is 7.74. The van der Waals surface area contributed by atoms with Gasteiger partial charge in [-0.15, -0.1) is 11.6 Å². The van der Waals surface area contributed by atoms with Gasteiger partial charge < -0.3 is 18.9 Å². The van der Waals surface area contributed by atoms with E-state index in [-0.39, 0.29) is 6.61 Å². The van der Waals surface area contributed by atoms with Crippen LogP contribution in [0.25, 0.3) is 0 Å². The molecule has 0 aliphatic carbocycles. The number of rotatable bonds is 6. The molecule has 2 aromatic rings. The van der Waals surface area contributed by atoms with Gasteiger partial charge in [0.1, 0.15) is 17.6 Å². The van der Waals surface area contributed by atoms with Crippen LogP contribution in [0.5, 0.6) is 0 Å². The summed E-state index contributed by atoms with van der Waals surface area (Å²) in [4.78, 5) is 34.9. The summed E-state index contributed by atoms with van der Waals surface area (Å²) in [6.45, 7) is 2.49. The number of hydrogen-bond acceptors (Lipinski definition) is 7. The Morgan fingerprint density at radius 2 is 1.47 bits per heavy atom. The van der Waals surface area contributed by atoms with Crippen LogP contribution < -0.4 is 0 Å². The first-order valence-electron chi connectivity index (χ1n) is 9.29. The molecule has 1 saturated heterocycles. The molecule has 1 heterocycles. The van der Waals surface area contributed by atoms with Gasteiger partial charge in [0.2, 0.25) is 6.29 Å². The molecule has 7 nitrogen and oxygen atoms in total. The molecule has 1 aliphatic rings. The highest BCUT2D eigenvalue weighted by molar-refractivity contribution is 6.25. The summed E-state index contributed by atoms with van der Waals surface area (Å²) in [7, 11) is 0. The van der Waals surface area contributed by atoms with Gasteiger partial charge in [-0.05, 0) is 31.2 Å². The summed E-state index contributed by atoms with van der Waals surface area (Å²) in [6.07, 6.45) is -3.16. The first-order chi connectivity index (χ1) is 14.3. The number of ether oxygens (including phenoxy) is 4. The highest BCUT2D eigenvalue weighted by Crippen LogP contribution is 2.40. The number of hydrogen-bond donors (Lipinski definition) is 0. The van der Waals surface area contributed by atoms with Crippen LogP contribution in [0.3, 0.4) is 0 Å². The molecule has 2 aromatic carbocycles. The van der Waals surface area contributed by atoms with E-state index in [1.54, 1.807) is 60.7 Å². The second kappa shape index (κ2) is 9.28. The maximum atomic E-state index is 12.6. The zero-order valence-corrected chi connectivity index (χ0v) is 17.2. The van der Waals surface area contributed by atoms with Crippen LogP contribution in [0.15, 0.2) is 60.7 Å². The van der Waals surface area contributed by atoms with Crippen LogP contribution >= 0.6 is 11.6 Å². The summed E-state index contributed by atoms with van der Waals surface area (Å²) in [5.74, 6) is -1.81. The molecule has 158 valence electrons. The van der Waals surface area contributed by atoms with Crippen LogP contribution in [0.4, 0.5) is 0 Å². The summed E-state index contributed by atoms with van der Waals surface area (Å²) in [5, 5.41) is 0. The second-order valence-electron chi connectivity index (χ2n) is 6.92. The van der Waals surface area contributed by atoms with E-state index in [1.165, 1.54) is 13.8 Å². The fraction of sp³-hybridized carbons (Fsp3) is 0.318. The van der Waals surface area contributed by atoms with E-state index in [4.69, 9.17) is 30.5 Å². The number of carbonyl (C=O) groups is 3. The molecule has 0 spiro atoms. The largest absolute Gasteiger partial charge is 0.459 e. The molecule has 1 fully saturated rings. The molecule has 0 amide bonds. The van der Waals surface area contributed by atoms with Crippen molar-refractivity contribution in [3.8, 4) is 0 Å². The van der Waals surface area contributed by atoms with Gasteiger partial charge in [-0.25, -0.2) is 9.59 Å². The Bertz CT molecular complexity index is 898. The third kappa shape index (κ3) is 4.98. The first kappa shape index (κ1) is 21.8. The van der Waals surface area contributed by atoms with Crippen molar-refractivity contribution in [1.29, 1.82) is 0 Å². The molecule has 1 aliphatic heterocycles. The standard InChI is InChI=1S/C22H21ClO7/c1-14(24)28-21-22(2,23)18(30-20(26)16-11-7-4-8-12-16)17(29-21)13-27-19(25)15-9-5-3-6-10-15/h3-12,17-18,21H,13H2,1-2H3/t17-,18-,21?,22-/m1/s1. The maximum Gasteiger partial charge on any atom is 0.338 e. The Morgan fingerprint density at radius 1 is 0.933 bits per heavy atom. The van der Waals surface area contributed by atoms with E-state index in [0.29, 0.717) is 11.1 Å². The van der Waals surface area contributed by atoms with Crippen LogP contribution in [0.2, 0.25) is 0 Å². The van der Waals surface area contributed by atoms with Crippen LogP contribution in [-0.4, -0.2) is 47.9 Å². The van der Waals surface area contributed by atoms with Crippen molar-refractivity contribution in [3.63, 3.8) is 0 Å². The monoisotopic (exact) mass is 432 g/mol. The SMILES string of the molecule is CC(=O)OC1O[C@H](COC(=O)c2ccccc2)[C@@H](OC(=O)c2ccccc2)[C@@]1(C)Cl. The lowest BCUT2D eigenvalue weighted by molar-refractivity contribution is -0.178. The average molecular weight is 433 g/mol. The third-order valence-electron chi connectivity index (χ3n) is 4.56. The Hall–Kier alpha value is -2.90. The molecule has 0 bridgehead atoms. The highest BCUT2D eigenvalue weighted by Gasteiger charge is 2.57. The van der Waals surface area contributed by atoms with Crippen molar-refractivity contribution >= 4 is 29.5 Å². The Morgan fingerprint density at radius 3 is 2.00 bits per heavy atom. The number of benzene rings is 2. The Labute approximate surface area is 178 Å². The van der Waals surface area contributed by atoms with E-state index < -0.39 is 41.3 Å². The predicted octanol–water partition coefficient (Wildman–Crippen LogP) is 3.35. The Balaban J connectivity index is 1.76. The molecule has 30 heavy (non-hydrogen) atoms. The van der Waals surface area contributed by atoms with Crippen LogP contribution in [0, 0.1) is 0 Å². The Kier molecular flexibility index (Phi) is 6.74. The normalized spacial score (nSPS) is 25.4. The first-order valence-corrected chi connectivity index (χ1v) is 9.66. The van der Waals surface area contributed by atoms with E-state index in [0.717, 1.165) is 0 Å². The van der Waals surface area contributed by atoms with Crippen molar-refractivity contribution in [3.05, 3.63) is 71.8 Å². The molecular formula is C22H21ClO7. The average Bonchev–Trinajstić information content (AvgIpc) is 2.96. The molecule has 8 heteroatoms. The van der Waals surface area contributed by atoms with E-state index in [1.807, 2.05) is 0 Å². The van der Waals surface area contributed by atoms with E-state index >= 15 is 0 Å². The van der Waals surface area contributed by atoms with Crippen molar-refractivity contribution in [2.75, 3.05) is 6.61 Å². The summed E-state index contributed by atoms with van der Waals surface area (Å²) in [5.41, 5.74) is 0.680. The molecule has 0 saturated carbocycles. The number of halogens is 1. The lowest BCUT2D eigenvalue weighted by Crippen LogP contribution is -2.45. The number of carbonyl (C=O) groups excluding carboxylic acids is 3. The summed E-state index contributed by atoms with van der Waals surface area (Å²) in [6, 6.07) is 16.8. The maximum absolute atomic E-state index is 12.6. The van der Waals surface area contributed by atoms with E-state index in [2.05, 4.69) is 0 Å². The minimum absolute atomic E-state index is 0.249. The van der Waals surface area contributed by atoms with Gasteiger partial charge >= 0.3 is 17.9 Å². The molecule has 3 rings (SSSR count). The van der Waals surface area contributed by atoms with Crippen LogP contribution in [0.1, 0.15) is 34.6 Å². The van der Waals surface area contributed by atoms with Gasteiger partial charge in [-0.2, -0.15) is 0 Å². The molecule has 1 unspecified atom stereocenters. The van der Waals surface area contributed by atoms with E-state index in [9.17, 15) is 14.4 Å². The third-order valence-corrected chi connectivity index (χ3v) is 4.95. The predicted molar refractivity (Wildman–Crippen MR) is 107 cm³/mol. The number of alkyl halides is 1. The smallest absolute Gasteiger partial charge is 0.338 e. The van der Waals surface area contributed by atoms with Gasteiger partial charge in [-0.3, -0.25) is 4.79 Å². The van der Waals surface area contributed by atoms with Crippen LogP contribution in [-0.2, 0) is 23.7 Å². The molecule has 0 aromatic heterocycles. The van der Waals surface area contributed by atoms with Gasteiger partial charge in [0.15, 0.2) is 6.10 Å². The zero-order valence-electron chi connectivity index (χ0n) is 16.4.